The van der Waals surface area contributed by atoms with Gasteiger partial charge in [0.15, 0.2) is 6.79 Å². The third kappa shape index (κ3) is 5.47. The molecule has 2 aromatic rings. The predicted molar refractivity (Wildman–Crippen MR) is 116 cm³/mol. The van der Waals surface area contributed by atoms with Crippen molar-refractivity contribution in [3.63, 3.8) is 0 Å². The summed E-state index contributed by atoms with van der Waals surface area (Å²) in [5, 5.41) is 12.5. The molecule has 0 aliphatic carbocycles. The van der Waals surface area contributed by atoms with Gasteiger partial charge >= 0.3 is 0 Å². The van der Waals surface area contributed by atoms with Crippen LogP contribution in [0.2, 0.25) is 0 Å². The second-order valence-corrected chi connectivity index (χ2v) is 7.25. The Morgan fingerprint density at radius 3 is 2.86 bits per heavy atom. The van der Waals surface area contributed by atoms with Gasteiger partial charge in [-0.15, -0.1) is 16.6 Å². The largest absolute Gasteiger partial charge is 0.467 e. The quantitative estimate of drug-likeness (QED) is 0.419. The molecule has 29 heavy (non-hydrogen) atoms. The van der Waals surface area contributed by atoms with Crippen LogP contribution in [0.3, 0.4) is 0 Å². The number of nitrogens with one attached hydrogen (secondary N) is 1. The monoisotopic (exact) mass is 394 g/mol. The van der Waals surface area contributed by atoms with Gasteiger partial charge in [-0.05, 0) is 69.6 Å². The molecule has 1 saturated heterocycles. The molecule has 1 fully saturated rings. The Hall–Kier alpha value is -2.62. The Labute approximate surface area is 173 Å². The molecule has 1 aromatic carbocycles. The SMILES string of the molecule is C#Cc1ccc(-c2nnc(N[C@@H]3CCCN(CC)C3)cc2C)c(OCOCC)c1. The summed E-state index contributed by atoms with van der Waals surface area (Å²) in [5.41, 5.74) is 3.42. The lowest BCUT2D eigenvalue weighted by molar-refractivity contribution is 0.0227. The summed E-state index contributed by atoms with van der Waals surface area (Å²) in [7, 11) is 0. The molecule has 1 aromatic heterocycles. The third-order valence-electron chi connectivity index (χ3n) is 5.19. The van der Waals surface area contributed by atoms with E-state index in [4.69, 9.17) is 15.9 Å². The highest BCUT2D eigenvalue weighted by atomic mass is 16.7. The van der Waals surface area contributed by atoms with Crippen molar-refractivity contribution in [2.24, 2.45) is 0 Å². The first-order valence-electron chi connectivity index (χ1n) is 10.3. The lowest BCUT2D eigenvalue weighted by Gasteiger charge is -2.32. The molecule has 6 nitrogen and oxygen atoms in total. The van der Waals surface area contributed by atoms with Crippen LogP contribution in [0.15, 0.2) is 24.3 Å². The molecule has 0 spiro atoms. The van der Waals surface area contributed by atoms with Crippen LogP contribution in [0.4, 0.5) is 5.82 Å². The van der Waals surface area contributed by atoms with Crippen LogP contribution in [0.1, 0.15) is 37.8 Å². The zero-order chi connectivity index (χ0) is 20.6. The summed E-state index contributed by atoms with van der Waals surface area (Å²) in [6, 6.07) is 8.11. The van der Waals surface area contributed by atoms with Crippen molar-refractivity contribution < 1.29 is 9.47 Å². The molecule has 1 atom stereocenters. The average molecular weight is 395 g/mol. The first-order chi connectivity index (χ1) is 14.1. The van der Waals surface area contributed by atoms with Crippen molar-refractivity contribution in [3.8, 4) is 29.4 Å². The molecule has 154 valence electrons. The minimum Gasteiger partial charge on any atom is -0.467 e. The normalized spacial score (nSPS) is 17.0. The van der Waals surface area contributed by atoms with Crippen molar-refractivity contribution in [1.29, 1.82) is 0 Å². The molecule has 6 heteroatoms. The van der Waals surface area contributed by atoms with E-state index in [0.29, 0.717) is 18.4 Å². The number of likely N-dealkylation sites (N-methyl/N-ethyl adjacent to an activating group) is 1. The summed E-state index contributed by atoms with van der Waals surface area (Å²) in [4.78, 5) is 2.46. The Morgan fingerprint density at radius 1 is 1.28 bits per heavy atom. The van der Waals surface area contributed by atoms with Gasteiger partial charge in [-0.1, -0.05) is 12.8 Å². The van der Waals surface area contributed by atoms with E-state index in [2.05, 4.69) is 39.3 Å². The van der Waals surface area contributed by atoms with Crippen LogP contribution >= 0.6 is 0 Å². The molecule has 0 bridgehead atoms. The maximum absolute atomic E-state index is 5.80. The zero-order valence-electron chi connectivity index (χ0n) is 17.6. The second-order valence-electron chi connectivity index (χ2n) is 7.25. The van der Waals surface area contributed by atoms with Crippen LogP contribution in [-0.2, 0) is 4.74 Å². The molecule has 1 N–H and O–H groups in total. The Kier molecular flexibility index (Phi) is 7.45. The number of ether oxygens (including phenoxy) is 2. The van der Waals surface area contributed by atoms with Gasteiger partial charge in [0, 0.05) is 30.3 Å². The number of rotatable bonds is 8. The maximum atomic E-state index is 5.80. The van der Waals surface area contributed by atoms with Gasteiger partial charge in [0.2, 0.25) is 0 Å². The number of aromatic nitrogens is 2. The fourth-order valence-corrected chi connectivity index (χ4v) is 3.61. The van der Waals surface area contributed by atoms with Crippen molar-refractivity contribution in [3.05, 3.63) is 35.4 Å². The fourth-order valence-electron chi connectivity index (χ4n) is 3.61. The molecule has 3 rings (SSSR count). The van der Waals surface area contributed by atoms with Crippen molar-refractivity contribution >= 4 is 5.82 Å². The summed E-state index contributed by atoms with van der Waals surface area (Å²) in [6.07, 6.45) is 7.91. The van der Waals surface area contributed by atoms with E-state index < -0.39 is 0 Å². The van der Waals surface area contributed by atoms with Crippen LogP contribution in [0, 0.1) is 19.3 Å². The summed E-state index contributed by atoms with van der Waals surface area (Å²) < 4.78 is 11.1. The molecule has 0 unspecified atom stereocenters. The van der Waals surface area contributed by atoms with Gasteiger partial charge < -0.3 is 19.7 Å². The smallest absolute Gasteiger partial charge is 0.189 e. The summed E-state index contributed by atoms with van der Waals surface area (Å²) in [5.74, 6) is 4.11. The van der Waals surface area contributed by atoms with Gasteiger partial charge in [-0.2, -0.15) is 0 Å². The van der Waals surface area contributed by atoms with Crippen molar-refractivity contribution in [2.75, 3.05) is 38.4 Å². The van der Waals surface area contributed by atoms with Gasteiger partial charge in [0.25, 0.3) is 0 Å². The number of aryl methyl sites for hydroxylation is 1. The van der Waals surface area contributed by atoms with E-state index in [1.807, 2.05) is 32.0 Å². The summed E-state index contributed by atoms with van der Waals surface area (Å²) >= 11 is 0. The van der Waals surface area contributed by atoms with E-state index in [9.17, 15) is 0 Å². The van der Waals surface area contributed by atoms with E-state index in [1.165, 1.54) is 13.0 Å². The first kappa shape index (κ1) is 21.1. The molecule has 1 aliphatic heterocycles. The average Bonchev–Trinajstić information content (AvgIpc) is 2.74. The predicted octanol–water partition coefficient (Wildman–Crippen LogP) is 3.70. The Bertz CT molecular complexity index is 862. The molecule has 0 saturated carbocycles. The fraction of sp³-hybridized carbons (Fsp3) is 0.478. The Morgan fingerprint density at radius 2 is 2.14 bits per heavy atom. The minimum absolute atomic E-state index is 0.166. The molecule has 2 heterocycles. The van der Waals surface area contributed by atoms with E-state index in [1.54, 1.807) is 0 Å². The number of terminal acetylenes is 1. The first-order valence-corrected chi connectivity index (χ1v) is 10.3. The van der Waals surface area contributed by atoms with E-state index >= 15 is 0 Å². The number of hydrogen-bond acceptors (Lipinski definition) is 6. The minimum atomic E-state index is 0.166. The highest BCUT2D eigenvalue weighted by Gasteiger charge is 2.20. The lowest BCUT2D eigenvalue weighted by Crippen LogP contribution is -2.42. The Balaban J connectivity index is 1.80. The van der Waals surface area contributed by atoms with Crippen LogP contribution < -0.4 is 10.1 Å². The molecular formula is C23H30N4O2. The molecule has 1 aliphatic rings. The van der Waals surface area contributed by atoms with Gasteiger partial charge in [-0.3, -0.25) is 0 Å². The van der Waals surface area contributed by atoms with Gasteiger partial charge in [0.05, 0.1) is 5.69 Å². The number of hydrogen-bond donors (Lipinski definition) is 1. The maximum Gasteiger partial charge on any atom is 0.189 e. The van der Waals surface area contributed by atoms with Crippen molar-refractivity contribution in [1.82, 2.24) is 15.1 Å². The molecular weight excluding hydrogens is 364 g/mol. The highest BCUT2D eigenvalue weighted by Crippen LogP contribution is 2.32. The highest BCUT2D eigenvalue weighted by molar-refractivity contribution is 5.71. The van der Waals surface area contributed by atoms with E-state index in [0.717, 1.165) is 47.7 Å². The lowest BCUT2D eigenvalue weighted by atomic mass is 10.0. The standard InChI is InChI=1S/C23H30N4O2/c1-5-18-10-11-20(21(14-18)29-16-28-7-3)23-17(4)13-22(25-26-23)24-19-9-8-12-27(6-2)15-19/h1,10-11,13-14,19H,6-9,12,15-16H2,2-4H3,(H,24,25)/t19-/m1/s1. The van der Waals surface area contributed by atoms with Gasteiger partial charge in [0.1, 0.15) is 11.6 Å². The number of anilines is 1. The zero-order valence-corrected chi connectivity index (χ0v) is 17.6. The third-order valence-corrected chi connectivity index (χ3v) is 5.19. The second kappa shape index (κ2) is 10.2. The van der Waals surface area contributed by atoms with E-state index in [-0.39, 0.29) is 6.79 Å². The van der Waals surface area contributed by atoms with Gasteiger partial charge in [-0.25, -0.2) is 0 Å². The number of benzene rings is 1. The number of piperidine rings is 1. The molecule has 0 radical (unpaired) electrons. The van der Waals surface area contributed by atoms with Crippen LogP contribution in [0.25, 0.3) is 11.3 Å². The summed E-state index contributed by atoms with van der Waals surface area (Å²) in [6.45, 7) is 10.2. The van der Waals surface area contributed by atoms with Crippen LogP contribution in [-0.4, -0.2) is 54.2 Å². The van der Waals surface area contributed by atoms with Crippen molar-refractivity contribution in [2.45, 2.75) is 39.7 Å². The number of nitrogens with zero attached hydrogens (tertiary/aromatic N) is 3. The number of likely N-dealkylation sites (tertiary alicyclic amines) is 1. The molecule has 0 amide bonds. The topological polar surface area (TPSA) is 59.5 Å². The van der Waals surface area contributed by atoms with Crippen LogP contribution in [0.5, 0.6) is 5.75 Å².